The van der Waals surface area contributed by atoms with Crippen molar-refractivity contribution in [3.05, 3.63) is 51.5 Å². The lowest BCUT2D eigenvalue weighted by Crippen LogP contribution is -2.23. The molecule has 6 nitrogen and oxygen atoms in total. The smallest absolute Gasteiger partial charge is 0.262 e. The standard InChI is InChI=1S/C16H16N4O2S/c1-10-11(2)23-15-14(10)16(22)20(9-18-15)8-6-13(21)19-12-5-3-4-7-17-12/h3-5,7,9H,6,8H2,1-2H3,(H,17,19,21). The van der Waals surface area contributed by atoms with Crippen LogP contribution in [0.3, 0.4) is 0 Å². The summed E-state index contributed by atoms with van der Waals surface area (Å²) in [6.45, 7) is 4.19. The van der Waals surface area contributed by atoms with Crippen LogP contribution in [0, 0.1) is 13.8 Å². The predicted octanol–water partition coefficient (Wildman–Crippen LogP) is 2.50. The van der Waals surface area contributed by atoms with E-state index in [1.165, 1.54) is 22.2 Å². The molecule has 3 heterocycles. The third-order valence-corrected chi connectivity index (χ3v) is 4.78. The molecule has 0 saturated carbocycles. The van der Waals surface area contributed by atoms with Crippen LogP contribution < -0.4 is 10.9 Å². The predicted molar refractivity (Wildman–Crippen MR) is 90.8 cm³/mol. The molecular formula is C16H16N4O2S. The molecule has 0 atom stereocenters. The van der Waals surface area contributed by atoms with E-state index < -0.39 is 0 Å². The lowest BCUT2D eigenvalue weighted by Gasteiger charge is -2.06. The summed E-state index contributed by atoms with van der Waals surface area (Å²) in [5.41, 5.74) is 0.872. The van der Waals surface area contributed by atoms with E-state index in [0.29, 0.717) is 11.2 Å². The van der Waals surface area contributed by atoms with Gasteiger partial charge < -0.3 is 5.32 Å². The number of aryl methyl sites for hydroxylation is 3. The average Bonchev–Trinajstić information content (AvgIpc) is 2.83. The number of fused-ring (bicyclic) bond motifs is 1. The Balaban J connectivity index is 1.75. The number of carbonyl (C=O) groups excluding carboxylic acids is 1. The van der Waals surface area contributed by atoms with Crippen molar-refractivity contribution < 1.29 is 4.79 Å². The Morgan fingerprint density at radius 3 is 2.87 bits per heavy atom. The Hall–Kier alpha value is -2.54. The van der Waals surface area contributed by atoms with Crippen molar-refractivity contribution in [3.63, 3.8) is 0 Å². The molecule has 3 aromatic rings. The fraction of sp³-hybridized carbons (Fsp3) is 0.250. The van der Waals surface area contributed by atoms with Crippen LogP contribution in [-0.2, 0) is 11.3 Å². The zero-order valence-corrected chi connectivity index (χ0v) is 13.7. The second-order valence-electron chi connectivity index (χ2n) is 5.22. The van der Waals surface area contributed by atoms with Crippen LogP contribution in [0.15, 0.2) is 35.5 Å². The summed E-state index contributed by atoms with van der Waals surface area (Å²) in [5, 5.41) is 3.35. The fourth-order valence-corrected chi connectivity index (χ4v) is 3.28. The van der Waals surface area contributed by atoms with Crippen LogP contribution in [0.2, 0.25) is 0 Å². The van der Waals surface area contributed by atoms with Crippen LogP contribution in [0.25, 0.3) is 10.2 Å². The summed E-state index contributed by atoms with van der Waals surface area (Å²) in [6, 6.07) is 5.29. The number of rotatable bonds is 4. The first-order chi connectivity index (χ1) is 11.1. The molecular weight excluding hydrogens is 312 g/mol. The van der Waals surface area contributed by atoms with Gasteiger partial charge in [-0.15, -0.1) is 11.3 Å². The molecule has 0 unspecified atom stereocenters. The molecule has 0 aliphatic carbocycles. The minimum Gasteiger partial charge on any atom is -0.311 e. The van der Waals surface area contributed by atoms with Gasteiger partial charge in [-0.05, 0) is 31.5 Å². The lowest BCUT2D eigenvalue weighted by atomic mass is 10.2. The largest absolute Gasteiger partial charge is 0.311 e. The lowest BCUT2D eigenvalue weighted by molar-refractivity contribution is -0.116. The first-order valence-electron chi connectivity index (χ1n) is 7.22. The zero-order chi connectivity index (χ0) is 16.4. The highest BCUT2D eigenvalue weighted by molar-refractivity contribution is 7.18. The molecule has 3 aromatic heterocycles. The highest BCUT2D eigenvalue weighted by Crippen LogP contribution is 2.25. The van der Waals surface area contributed by atoms with E-state index in [9.17, 15) is 9.59 Å². The first kappa shape index (κ1) is 15.4. The van der Waals surface area contributed by atoms with Gasteiger partial charge in [-0.1, -0.05) is 6.07 Å². The number of thiophene rings is 1. The van der Waals surface area contributed by atoms with Gasteiger partial charge in [0.2, 0.25) is 5.91 Å². The summed E-state index contributed by atoms with van der Waals surface area (Å²) in [5.74, 6) is 0.316. The van der Waals surface area contributed by atoms with Gasteiger partial charge in [-0.3, -0.25) is 14.2 Å². The SMILES string of the molecule is Cc1sc2ncn(CCC(=O)Nc3ccccn3)c(=O)c2c1C. The van der Waals surface area contributed by atoms with Crippen LogP contribution in [-0.4, -0.2) is 20.4 Å². The number of anilines is 1. The third-order valence-electron chi connectivity index (χ3n) is 3.67. The molecule has 1 amide bonds. The van der Waals surface area contributed by atoms with Gasteiger partial charge in [-0.2, -0.15) is 0 Å². The summed E-state index contributed by atoms with van der Waals surface area (Å²) < 4.78 is 1.49. The zero-order valence-electron chi connectivity index (χ0n) is 12.9. The molecule has 7 heteroatoms. The molecule has 0 spiro atoms. The molecule has 0 bridgehead atoms. The fourth-order valence-electron chi connectivity index (χ4n) is 2.29. The van der Waals surface area contributed by atoms with Crippen molar-refractivity contribution >= 4 is 33.3 Å². The minimum atomic E-state index is -0.186. The van der Waals surface area contributed by atoms with Crippen LogP contribution in [0.5, 0.6) is 0 Å². The number of amides is 1. The Kier molecular flexibility index (Phi) is 4.20. The van der Waals surface area contributed by atoms with E-state index >= 15 is 0 Å². The first-order valence-corrected chi connectivity index (χ1v) is 8.04. The maximum Gasteiger partial charge on any atom is 0.262 e. The molecule has 0 aromatic carbocycles. The Morgan fingerprint density at radius 1 is 1.30 bits per heavy atom. The van der Waals surface area contributed by atoms with Gasteiger partial charge in [-0.25, -0.2) is 9.97 Å². The van der Waals surface area contributed by atoms with Crippen LogP contribution in [0.4, 0.5) is 5.82 Å². The molecule has 0 aliphatic heterocycles. The molecule has 118 valence electrons. The van der Waals surface area contributed by atoms with Gasteiger partial charge in [0.05, 0.1) is 11.7 Å². The van der Waals surface area contributed by atoms with Crippen LogP contribution >= 0.6 is 11.3 Å². The van der Waals surface area contributed by atoms with Gasteiger partial charge in [0.15, 0.2) is 0 Å². The number of hydrogen-bond acceptors (Lipinski definition) is 5. The Morgan fingerprint density at radius 2 is 2.13 bits per heavy atom. The van der Waals surface area contributed by atoms with Crippen molar-refractivity contribution in [1.82, 2.24) is 14.5 Å². The second kappa shape index (κ2) is 6.29. The van der Waals surface area contributed by atoms with Crippen molar-refractivity contribution in [2.45, 2.75) is 26.8 Å². The van der Waals surface area contributed by atoms with Crippen molar-refractivity contribution in [1.29, 1.82) is 0 Å². The highest BCUT2D eigenvalue weighted by atomic mass is 32.1. The molecule has 1 N–H and O–H groups in total. The van der Waals surface area contributed by atoms with E-state index in [2.05, 4.69) is 15.3 Å². The van der Waals surface area contributed by atoms with Crippen molar-refractivity contribution in [2.24, 2.45) is 0 Å². The number of hydrogen-bond donors (Lipinski definition) is 1. The summed E-state index contributed by atoms with van der Waals surface area (Å²) in [4.78, 5) is 34.7. The number of aromatic nitrogens is 3. The van der Waals surface area contributed by atoms with Gasteiger partial charge in [0, 0.05) is 24.0 Å². The number of carbonyl (C=O) groups is 1. The van der Waals surface area contributed by atoms with E-state index in [4.69, 9.17) is 0 Å². The quantitative estimate of drug-likeness (QED) is 0.798. The molecule has 0 radical (unpaired) electrons. The maximum absolute atomic E-state index is 12.5. The van der Waals surface area contributed by atoms with Gasteiger partial charge in [0.25, 0.3) is 5.56 Å². The van der Waals surface area contributed by atoms with Gasteiger partial charge in [0.1, 0.15) is 10.6 Å². The van der Waals surface area contributed by atoms with E-state index in [1.807, 2.05) is 13.8 Å². The second-order valence-corrected chi connectivity index (χ2v) is 6.42. The number of nitrogens with one attached hydrogen (secondary N) is 1. The topological polar surface area (TPSA) is 76.9 Å². The minimum absolute atomic E-state index is 0.0949. The van der Waals surface area contributed by atoms with Crippen molar-refractivity contribution in [3.8, 4) is 0 Å². The van der Waals surface area contributed by atoms with Crippen molar-refractivity contribution in [2.75, 3.05) is 5.32 Å². The molecule has 0 fully saturated rings. The summed E-state index contributed by atoms with van der Waals surface area (Å²) >= 11 is 1.52. The number of nitrogens with zero attached hydrogens (tertiary/aromatic N) is 3. The highest BCUT2D eigenvalue weighted by Gasteiger charge is 2.12. The monoisotopic (exact) mass is 328 g/mol. The van der Waals surface area contributed by atoms with E-state index in [1.54, 1.807) is 24.4 Å². The summed E-state index contributed by atoms with van der Waals surface area (Å²) in [7, 11) is 0. The Bertz CT molecular complexity index is 915. The third kappa shape index (κ3) is 3.14. The summed E-state index contributed by atoms with van der Waals surface area (Å²) in [6.07, 6.45) is 3.31. The molecule has 23 heavy (non-hydrogen) atoms. The number of pyridine rings is 1. The Labute approximate surface area is 136 Å². The maximum atomic E-state index is 12.5. The molecule has 0 aliphatic rings. The van der Waals surface area contributed by atoms with Gasteiger partial charge >= 0.3 is 0 Å². The normalized spacial score (nSPS) is 10.9. The average molecular weight is 328 g/mol. The van der Waals surface area contributed by atoms with E-state index in [-0.39, 0.29) is 24.4 Å². The molecule has 3 rings (SSSR count). The van der Waals surface area contributed by atoms with E-state index in [0.717, 1.165) is 15.3 Å². The molecule has 0 saturated heterocycles. The van der Waals surface area contributed by atoms with Crippen LogP contribution in [0.1, 0.15) is 16.9 Å².